The number of fused-ring (bicyclic) bond motifs is 1. The molecule has 1 amide bonds. The molecule has 0 aromatic heterocycles. The summed E-state index contributed by atoms with van der Waals surface area (Å²) < 4.78 is 26.5. The first kappa shape index (κ1) is 17.9. The molecule has 1 aromatic carbocycles. The Morgan fingerprint density at radius 3 is 2.72 bits per heavy atom. The molecule has 0 unspecified atom stereocenters. The summed E-state index contributed by atoms with van der Waals surface area (Å²) >= 11 is 0. The zero-order valence-corrected chi connectivity index (χ0v) is 15.1. The van der Waals surface area contributed by atoms with E-state index in [0.29, 0.717) is 30.4 Å². The molecule has 1 aliphatic heterocycles. The van der Waals surface area contributed by atoms with Gasteiger partial charge in [0.2, 0.25) is 5.91 Å². The number of hydrogen-bond acceptors (Lipinski definition) is 4. The molecule has 0 bridgehead atoms. The first-order chi connectivity index (χ1) is 12.1. The maximum Gasteiger partial charge on any atom is 0.263 e. The van der Waals surface area contributed by atoms with Crippen LogP contribution in [0.1, 0.15) is 56.9 Å². The Labute approximate surface area is 149 Å². The summed E-state index contributed by atoms with van der Waals surface area (Å²) in [7, 11) is -3.46. The third kappa shape index (κ3) is 4.60. The summed E-state index contributed by atoms with van der Waals surface area (Å²) in [6.45, 7) is 0.552. The number of rotatable bonds is 7. The van der Waals surface area contributed by atoms with Crippen LogP contribution in [0.2, 0.25) is 0 Å². The number of carbonyl (C=O) groups excluding carboxylic acids is 1. The SMILES string of the molecule is O=C(CCCCCN=C1NS(=O)(=O)c2ccccc21)NC1CCCC1. The molecule has 1 saturated carbocycles. The molecule has 136 valence electrons. The van der Waals surface area contributed by atoms with Crippen LogP contribution >= 0.6 is 0 Å². The van der Waals surface area contributed by atoms with Gasteiger partial charge in [-0.3, -0.25) is 14.5 Å². The summed E-state index contributed by atoms with van der Waals surface area (Å²) in [5.74, 6) is 0.574. The third-order valence-corrected chi connectivity index (χ3v) is 6.11. The molecule has 2 aliphatic rings. The fraction of sp³-hybridized carbons (Fsp3) is 0.556. The van der Waals surface area contributed by atoms with Gasteiger partial charge in [-0.05, 0) is 37.8 Å². The van der Waals surface area contributed by atoms with E-state index in [9.17, 15) is 13.2 Å². The van der Waals surface area contributed by atoms with Gasteiger partial charge in [0.1, 0.15) is 5.84 Å². The fourth-order valence-electron chi connectivity index (χ4n) is 3.39. The lowest BCUT2D eigenvalue weighted by molar-refractivity contribution is -0.121. The average molecular weight is 363 g/mol. The van der Waals surface area contributed by atoms with Crippen molar-refractivity contribution in [3.8, 4) is 0 Å². The fourth-order valence-corrected chi connectivity index (χ4v) is 4.64. The minimum Gasteiger partial charge on any atom is -0.353 e. The summed E-state index contributed by atoms with van der Waals surface area (Å²) in [5.41, 5.74) is 0.637. The van der Waals surface area contributed by atoms with Crippen molar-refractivity contribution in [2.45, 2.75) is 62.3 Å². The molecule has 2 N–H and O–H groups in total. The number of carbonyl (C=O) groups is 1. The van der Waals surface area contributed by atoms with Crippen LogP contribution in [0.4, 0.5) is 0 Å². The van der Waals surface area contributed by atoms with Gasteiger partial charge in [-0.25, -0.2) is 8.42 Å². The van der Waals surface area contributed by atoms with Gasteiger partial charge < -0.3 is 5.32 Å². The number of unbranched alkanes of at least 4 members (excludes halogenated alkanes) is 2. The van der Waals surface area contributed by atoms with Gasteiger partial charge in [0, 0.05) is 24.6 Å². The van der Waals surface area contributed by atoms with Crippen molar-refractivity contribution in [1.29, 1.82) is 0 Å². The van der Waals surface area contributed by atoms with Crippen molar-refractivity contribution in [3.63, 3.8) is 0 Å². The van der Waals surface area contributed by atoms with E-state index in [1.165, 1.54) is 12.8 Å². The van der Waals surface area contributed by atoms with E-state index >= 15 is 0 Å². The molecule has 1 aliphatic carbocycles. The third-order valence-electron chi connectivity index (χ3n) is 4.71. The monoisotopic (exact) mass is 363 g/mol. The lowest BCUT2D eigenvalue weighted by Gasteiger charge is -2.11. The summed E-state index contributed by atoms with van der Waals surface area (Å²) in [6.07, 6.45) is 7.80. The van der Waals surface area contributed by atoms with Crippen LogP contribution in [-0.4, -0.2) is 32.7 Å². The number of hydrogen-bond donors (Lipinski definition) is 2. The number of nitrogens with zero attached hydrogens (tertiary/aromatic N) is 1. The normalized spacial score (nSPS) is 20.4. The van der Waals surface area contributed by atoms with Gasteiger partial charge in [0.15, 0.2) is 0 Å². The lowest BCUT2D eigenvalue weighted by Crippen LogP contribution is -2.32. The van der Waals surface area contributed by atoms with Gasteiger partial charge in [-0.1, -0.05) is 31.4 Å². The second-order valence-corrected chi connectivity index (χ2v) is 8.34. The first-order valence-electron chi connectivity index (χ1n) is 9.02. The standard InChI is InChI=1S/C18H25N3O3S/c22-17(20-14-8-3-4-9-14)12-2-1-7-13-19-18-15-10-5-6-11-16(15)25(23,24)21-18/h5-6,10-11,14H,1-4,7-9,12-13H2,(H,19,21)(H,20,22). The van der Waals surface area contributed by atoms with Crippen LogP contribution < -0.4 is 10.0 Å². The minimum atomic E-state index is -3.46. The van der Waals surface area contributed by atoms with Crippen LogP contribution in [-0.2, 0) is 14.8 Å². The van der Waals surface area contributed by atoms with Gasteiger partial charge >= 0.3 is 0 Å². The van der Waals surface area contributed by atoms with Gasteiger partial charge in [0.25, 0.3) is 10.0 Å². The molecule has 6 nitrogen and oxygen atoms in total. The van der Waals surface area contributed by atoms with Crippen molar-refractivity contribution in [2.24, 2.45) is 4.99 Å². The second-order valence-electron chi connectivity index (χ2n) is 6.69. The second kappa shape index (κ2) is 7.99. The molecule has 25 heavy (non-hydrogen) atoms. The molecule has 1 fully saturated rings. The average Bonchev–Trinajstić information content (AvgIpc) is 3.18. The molecule has 7 heteroatoms. The highest BCUT2D eigenvalue weighted by Gasteiger charge is 2.29. The highest BCUT2D eigenvalue weighted by molar-refractivity contribution is 7.90. The Kier molecular flexibility index (Phi) is 5.73. The molecule has 0 atom stereocenters. The van der Waals surface area contributed by atoms with Crippen molar-refractivity contribution < 1.29 is 13.2 Å². The van der Waals surface area contributed by atoms with E-state index in [4.69, 9.17) is 0 Å². The Hall–Kier alpha value is -1.89. The molecule has 1 aromatic rings. The number of sulfonamides is 1. The highest BCUT2D eigenvalue weighted by atomic mass is 32.2. The van der Waals surface area contributed by atoms with Crippen molar-refractivity contribution >= 4 is 21.8 Å². The Morgan fingerprint density at radius 1 is 1.16 bits per heavy atom. The van der Waals surface area contributed by atoms with Crippen molar-refractivity contribution in [3.05, 3.63) is 29.8 Å². The van der Waals surface area contributed by atoms with E-state index in [-0.39, 0.29) is 10.8 Å². The number of amidine groups is 1. The maximum absolute atomic E-state index is 12.0. The number of nitrogens with one attached hydrogen (secondary N) is 2. The Balaban J connectivity index is 1.39. The molecular formula is C18H25N3O3S. The van der Waals surface area contributed by atoms with E-state index < -0.39 is 10.0 Å². The summed E-state index contributed by atoms with van der Waals surface area (Å²) in [6, 6.07) is 7.24. The van der Waals surface area contributed by atoms with Crippen LogP contribution in [0.25, 0.3) is 0 Å². The van der Waals surface area contributed by atoms with Gasteiger partial charge in [-0.2, -0.15) is 0 Å². The van der Waals surface area contributed by atoms with Crippen LogP contribution in [0.15, 0.2) is 34.2 Å². The molecule has 3 rings (SSSR count). The van der Waals surface area contributed by atoms with Crippen LogP contribution in [0.3, 0.4) is 0 Å². The lowest BCUT2D eigenvalue weighted by atomic mass is 10.1. The quantitative estimate of drug-likeness (QED) is 0.729. The van der Waals surface area contributed by atoms with Crippen molar-refractivity contribution in [1.82, 2.24) is 10.0 Å². The molecule has 1 heterocycles. The number of aliphatic imine (C=N–C) groups is 1. The van der Waals surface area contributed by atoms with E-state index in [1.54, 1.807) is 24.3 Å². The largest absolute Gasteiger partial charge is 0.353 e. The summed E-state index contributed by atoms with van der Waals surface area (Å²) in [4.78, 5) is 16.5. The minimum absolute atomic E-state index is 0.149. The zero-order chi connectivity index (χ0) is 17.7. The smallest absolute Gasteiger partial charge is 0.263 e. The first-order valence-corrected chi connectivity index (χ1v) is 10.5. The zero-order valence-electron chi connectivity index (χ0n) is 14.3. The molecular weight excluding hydrogens is 338 g/mol. The topological polar surface area (TPSA) is 87.6 Å². The number of benzene rings is 1. The Morgan fingerprint density at radius 2 is 1.92 bits per heavy atom. The molecule has 0 saturated heterocycles. The summed E-state index contributed by atoms with van der Waals surface area (Å²) in [5, 5.41) is 3.09. The van der Waals surface area contributed by atoms with Crippen LogP contribution in [0.5, 0.6) is 0 Å². The predicted octanol–water partition coefficient (Wildman–Crippen LogP) is 2.34. The van der Waals surface area contributed by atoms with Crippen LogP contribution in [0, 0.1) is 0 Å². The van der Waals surface area contributed by atoms with E-state index in [2.05, 4.69) is 15.0 Å². The van der Waals surface area contributed by atoms with Gasteiger partial charge in [0.05, 0.1) is 4.90 Å². The Bertz CT molecular complexity index is 753. The number of amides is 1. The predicted molar refractivity (Wildman–Crippen MR) is 97.0 cm³/mol. The van der Waals surface area contributed by atoms with Gasteiger partial charge in [-0.15, -0.1) is 0 Å². The van der Waals surface area contributed by atoms with E-state index in [0.717, 1.165) is 32.1 Å². The highest BCUT2D eigenvalue weighted by Crippen LogP contribution is 2.22. The maximum atomic E-state index is 12.0. The van der Waals surface area contributed by atoms with E-state index in [1.807, 2.05) is 0 Å². The molecule has 0 radical (unpaired) electrons. The van der Waals surface area contributed by atoms with Crippen molar-refractivity contribution in [2.75, 3.05) is 6.54 Å². The molecule has 0 spiro atoms.